The van der Waals surface area contributed by atoms with E-state index < -0.39 is 11.5 Å². The van der Waals surface area contributed by atoms with Gasteiger partial charge < -0.3 is 9.80 Å². The molecule has 0 bridgehead atoms. The molecule has 39 heavy (non-hydrogen) atoms. The molecule has 2 aromatic heterocycles. The fraction of sp³-hybridized carbons (Fsp3) is 0.300. The van der Waals surface area contributed by atoms with E-state index in [4.69, 9.17) is 16.6 Å². The number of hydrogen-bond acceptors (Lipinski definition) is 5. The predicted molar refractivity (Wildman–Crippen MR) is 152 cm³/mol. The summed E-state index contributed by atoms with van der Waals surface area (Å²) in [7, 11) is 0. The van der Waals surface area contributed by atoms with Gasteiger partial charge >= 0.3 is 0 Å². The van der Waals surface area contributed by atoms with Crippen molar-refractivity contribution in [2.24, 2.45) is 0 Å². The molecule has 0 radical (unpaired) electrons. The lowest BCUT2D eigenvalue weighted by Gasteiger charge is -2.46. The molecule has 202 valence electrons. The monoisotopic (exact) mass is 549 g/mol. The first-order valence-corrected chi connectivity index (χ1v) is 13.2. The van der Waals surface area contributed by atoms with Crippen molar-refractivity contribution in [3.63, 3.8) is 0 Å². The van der Waals surface area contributed by atoms with Gasteiger partial charge in [-0.1, -0.05) is 38.1 Å². The highest BCUT2D eigenvalue weighted by atomic mass is 35.5. The first-order chi connectivity index (χ1) is 18.5. The van der Waals surface area contributed by atoms with Gasteiger partial charge in [0, 0.05) is 24.2 Å². The number of amides is 1. The average Bonchev–Trinajstić information content (AvgIpc) is 2.87. The summed E-state index contributed by atoms with van der Waals surface area (Å²) in [6, 6.07) is 8.54. The Morgan fingerprint density at radius 2 is 1.95 bits per heavy atom. The molecule has 1 saturated heterocycles. The Hall–Kier alpha value is -3.78. The van der Waals surface area contributed by atoms with Crippen molar-refractivity contribution in [1.29, 1.82) is 0 Å². The smallest absolute Gasteiger partial charge is 0.246 e. The van der Waals surface area contributed by atoms with Gasteiger partial charge in [0.05, 0.1) is 47.4 Å². The quantitative estimate of drug-likeness (QED) is 0.315. The van der Waals surface area contributed by atoms with Crippen LogP contribution in [0, 0.1) is 19.7 Å². The van der Waals surface area contributed by atoms with Crippen LogP contribution in [0.4, 0.5) is 26.0 Å². The summed E-state index contributed by atoms with van der Waals surface area (Å²) >= 11 is 6.71. The number of alkyl halides is 1. The number of rotatable bonds is 6. The maximum absolute atomic E-state index is 15.7. The van der Waals surface area contributed by atoms with Crippen molar-refractivity contribution >= 4 is 34.7 Å². The first kappa shape index (κ1) is 26.8. The van der Waals surface area contributed by atoms with Gasteiger partial charge in [0.25, 0.3) is 0 Å². The van der Waals surface area contributed by atoms with Crippen molar-refractivity contribution in [2.75, 3.05) is 29.4 Å². The molecular formula is C30H30ClF2N5O. The van der Waals surface area contributed by atoms with Gasteiger partial charge in [0.15, 0.2) is 11.5 Å². The number of benzene rings is 1. The number of anilines is 3. The van der Waals surface area contributed by atoms with E-state index in [0.29, 0.717) is 17.2 Å². The van der Waals surface area contributed by atoms with Crippen LogP contribution in [0.15, 0.2) is 61.6 Å². The molecule has 0 aliphatic carbocycles. The molecule has 0 N–H and O–H groups in total. The van der Waals surface area contributed by atoms with Gasteiger partial charge in [0.2, 0.25) is 5.91 Å². The zero-order chi connectivity index (χ0) is 28.1. The number of hydrogen-bond donors (Lipinski definition) is 0. The summed E-state index contributed by atoms with van der Waals surface area (Å²) < 4.78 is 30.7. The van der Waals surface area contributed by atoms with Gasteiger partial charge in [-0.15, -0.1) is 0 Å². The summed E-state index contributed by atoms with van der Waals surface area (Å²) in [4.78, 5) is 26.5. The Kier molecular flexibility index (Phi) is 6.93. The highest BCUT2D eigenvalue weighted by molar-refractivity contribution is 6.33. The molecule has 0 unspecified atom stereocenters. The minimum absolute atomic E-state index is 0.00935. The molecule has 0 saturated carbocycles. The van der Waals surface area contributed by atoms with Gasteiger partial charge in [-0.05, 0) is 61.2 Å². The number of likely N-dealkylation sites (tertiary alicyclic amines) is 1. The molecule has 2 aliphatic heterocycles. The van der Waals surface area contributed by atoms with Crippen LogP contribution in [-0.4, -0.2) is 46.1 Å². The van der Waals surface area contributed by atoms with Crippen LogP contribution in [0.3, 0.4) is 0 Å². The number of aromatic nitrogens is 2. The number of pyridine rings is 2. The Bertz CT molecular complexity index is 1500. The highest BCUT2D eigenvalue weighted by Crippen LogP contribution is 2.45. The normalized spacial score (nSPS) is 15.8. The fourth-order valence-corrected chi connectivity index (χ4v) is 5.36. The number of fused-ring (bicyclic) bond motifs is 1. The van der Waals surface area contributed by atoms with Crippen LogP contribution in [0.5, 0.6) is 0 Å². The van der Waals surface area contributed by atoms with E-state index in [1.807, 2.05) is 37.1 Å². The number of aryl methyl sites for hydroxylation is 2. The average molecular weight is 550 g/mol. The van der Waals surface area contributed by atoms with E-state index >= 15 is 8.78 Å². The molecular weight excluding hydrogens is 520 g/mol. The molecule has 9 heteroatoms. The number of halogens is 3. The van der Waals surface area contributed by atoms with Gasteiger partial charge in [-0.3, -0.25) is 14.7 Å². The molecule has 1 aromatic carbocycles. The second-order valence-corrected chi connectivity index (χ2v) is 10.9. The van der Waals surface area contributed by atoms with E-state index in [-0.39, 0.29) is 42.0 Å². The Balaban J connectivity index is 1.63. The van der Waals surface area contributed by atoms with Gasteiger partial charge in [0.1, 0.15) is 5.82 Å². The minimum Gasteiger partial charge on any atom is -0.340 e. The summed E-state index contributed by atoms with van der Waals surface area (Å²) in [5.41, 5.74) is 3.02. The summed E-state index contributed by atoms with van der Waals surface area (Å²) in [6.07, 6.45) is 6.56. The minimum atomic E-state index is -1.62. The van der Waals surface area contributed by atoms with Crippen LogP contribution >= 0.6 is 11.6 Å². The van der Waals surface area contributed by atoms with Gasteiger partial charge in [-0.2, -0.15) is 0 Å². The molecule has 5 rings (SSSR count). The lowest BCUT2D eigenvalue weighted by atomic mass is 9.95. The molecule has 2 aliphatic rings. The van der Waals surface area contributed by atoms with E-state index in [0.717, 1.165) is 22.5 Å². The zero-order valence-corrected chi connectivity index (χ0v) is 23.1. The summed E-state index contributed by atoms with van der Waals surface area (Å²) in [6.45, 7) is 11.3. The Morgan fingerprint density at radius 3 is 2.62 bits per heavy atom. The van der Waals surface area contributed by atoms with Crippen LogP contribution in [0.25, 0.3) is 11.3 Å². The van der Waals surface area contributed by atoms with Crippen LogP contribution in [-0.2, 0) is 4.79 Å². The standard InChI is InChI=1S/C30H30ClF2N5O/c1-6-25(39)37-16-30(33,17-37)15-36-11-12-38(28-20(5)9-10-34-26(28)18(2)3)29-24(36)14-22(31)27(35-29)21-8-7-19(4)13-23(21)32/h6-14,18H,1,15-17H2,2-5H3. The number of nitrogens with zero attached hydrogens (tertiary/aromatic N) is 5. The van der Waals surface area contributed by atoms with E-state index in [9.17, 15) is 4.79 Å². The van der Waals surface area contributed by atoms with E-state index in [1.165, 1.54) is 17.0 Å². The largest absolute Gasteiger partial charge is 0.340 e. The van der Waals surface area contributed by atoms with Crippen LogP contribution < -0.4 is 9.80 Å². The fourth-order valence-electron chi connectivity index (χ4n) is 5.11. The lowest BCUT2D eigenvalue weighted by molar-refractivity contribution is -0.139. The number of carbonyl (C=O) groups is 1. The van der Waals surface area contributed by atoms with E-state index in [2.05, 4.69) is 25.4 Å². The summed E-state index contributed by atoms with van der Waals surface area (Å²) in [5.74, 6) is -0.124. The molecule has 1 amide bonds. The maximum Gasteiger partial charge on any atom is 0.246 e. The van der Waals surface area contributed by atoms with Crippen molar-refractivity contribution in [3.05, 3.63) is 89.2 Å². The zero-order valence-electron chi connectivity index (χ0n) is 22.4. The predicted octanol–water partition coefficient (Wildman–Crippen LogP) is 6.84. The van der Waals surface area contributed by atoms with Crippen molar-refractivity contribution in [3.8, 4) is 11.3 Å². The van der Waals surface area contributed by atoms with E-state index in [1.54, 1.807) is 29.4 Å². The third-order valence-electron chi connectivity index (χ3n) is 7.08. The van der Waals surface area contributed by atoms with Gasteiger partial charge in [-0.25, -0.2) is 13.8 Å². The van der Waals surface area contributed by atoms with Crippen molar-refractivity contribution < 1.29 is 13.6 Å². The molecule has 0 atom stereocenters. The topological polar surface area (TPSA) is 52.6 Å². The Labute approximate surface area is 232 Å². The highest BCUT2D eigenvalue weighted by Gasteiger charge is 2.47. The SMILES string of the molecule is C=CC(=O)N1CC(F)(CN2C=CN(c3c(C)ccnc3C(C)C)c3nc(-c4ccc(C)cc4F)c(Cl)cc32)C1. The summed E-state index contributed by atoms with van der Waals surface area (Å²) in [5, 5.41) is 0.244. The first-order valence-electron chi connectivity index (χ1n) is 12.8. The third kappa shape index (κ3) is 4.89. The van der Waals surface area contributed by atoms with Crippen LogP contribution in [0.2, 0.25) is 5.02 Å². The molecule has 3 aromatic rings. The van der Waals surface area contributed by atoms with Crippen molar-refractivity contribution in [2.45, 2.75) is 39.3 Å². The number of carbonyl (C=O) groups excluding carboxylic acids is 1. The van der Waals surface area contributed by atoms with Crippen molar-refractivity contribution in [1.82, 2.24) is 14.9 Å². The second kappa shape index (κ2) is 10.1. The van der Waals surface area contributed by atoms with Crippen LogP contribution in [0.1, 0.15) is 36.6 Å². The second-order valence-electron chi connectivity index (χ2n) is 10.5. The lowest BCUT2D eigenvalue weighted by Crippen LogP contribution is -2.64. The molecule has 4 heterocycles. The molecule has 6 nitrogen and oxygen atoms in total. The third-order valence-corrected chi connectivity index (χ3v) is 7.37. The molecule has 1 fully saturated rings. The maximum atomic E-state index is 15.7. The Morgan fingerprint density at radius 1 is 1.21 bits per heavy atom. The molecule has 0 spiro atoms.